The number of esters is 1. The van der Waals surface area contributed by atoms with Crippen molar-refractivity contribution in [2.24, 2.45) is 11.0 Å². The molecule has 0 bridgehead atoms. The SMILES string of the molecule is CC(C)COC(=O)CNC(=O)n1c(N=[N+]=[N-])nc2ccccc21. The van der Waals surface area contributed by atoms with Crippen LogP contribution in [0.2, 0.25) is 0 Å². The average Bonchev–Trinajstić information content (AvgIpc) is 2.89. The van der Waals surface area contributed by atoms with Crippen molar-refractivity contribution >= 4 is 29.0 Å². The lowest BCUT2D eigenvalue weighted by Gasteiger charge is -2.09. The van der Waals surface area contributed by atoms with Crippen LogP contribution in [-0.4, -0.2) is 34.7 Å². The number of aromatic nitrogens is 2. The Bertz CT molecular complexity index is 776. The lowest BCUT2D eigenvalue weighted by Crippen LogP contribution is -2.34. The van der Waals surface area contributed by atoms with Gasteiger partial charge in [0.1, 0.15) is 6.54 Å². The largest absolute Gasteiger partial charge is 0.464 e. The molecule has 1 amide bonds. The fraction of sp³-hybridized carbons (Fsp3) is 0.357. The van der Waals surface area contributed by atoms with Gasteiger partial charge < -0.3 is 10.1 Å². The Morgan fingerprint density at radius 1 is 1.43 bits per heavy atom. The van der Waals surface area contributed by atoms with Gasteiger partial charge in [0.05, 0.1) is 17.6 Å². The van der Waals surface area contributed by atoms with Gasteiger partial charge >= 0.3 is 12.0 Å². The number of carbonyl (C=O) groups excluding carboxylic acids is 2. The van der Waals surface area contributed by atoms with Crippen molar-refractivity contribution in [3.05, 3.63) is 34.7 Å². The number of benzene rings is 1. The zero-order valence-electron chi connectivity index (χ0n) is 12.8. The van der Waals surface area contributed by atoms with Crippen molar-refractivity contribution in [1.29, 1.82) is 0 Å². The number of rotatable bonds is 5. The topological polar surface area (TPSA) is 122 Å². The van der Waals surface area contributed by atoms with E-state index in [2.05, 4.69) is 20.3 Å². The van der Waals surface area contributed by atoms with Crippen molar-refractivity contribution in [3.63, 3.8) is 0 Å². The molecule has 120 valence electrons. The third-order valence-electron chi connectivity index (χ3n) is 2.84. The van der Waals surface area contributed by atoms with Gasteiger partial charge in [-0.1, -0.05) is 26.0 Å². The van der Waals surface area contributed by atoms with Gasteiger partial charge in [0.15, 0.2) is 0 Å². The first-order valence-electron chi connectivity index (χ1n) is 6.99. The maximum absolute atomic E-state index is 12.3. The van der Waals surface area contributed by atoms with Crippen molar-refractivity contribution in [3.8, 4) is 0 Å². The van der Waals surface area contributed by atoms with Gasteiger partial charge in [0, 0.05) is 4.91 Å². The second kappa shape index (κ2) is 7.28. The summed E-state index contributed by atoms with van der Waals surface area (Å²) in [6.45, 7) is 3.83. The van der Waals surface area contributed by atoms with E-state index in [9.17, 15) is 9.59 Å². The highest BCUT2D eigenvalue weighted by atomic mass is 16.5. The van der Waals surface area contributed by atoms with Gasteiger partial charge in [-0.25, -0.2) is 14.3 Å². The lowest BCUT2D eigenvalue weighted by molar-refractivity contribution is -0.143. The number of hydrogen-bond donors (Lipinski definition) is 1. The fourth-order valence-electron chi connectivity index (χ4n) is 1.86. The lowest BCUT2D eigenvalue weighted by atomic mass is 10.2. The summed E-state index contributed by atoms with van der Waals surface area (Å²) in [6, 6.07) is 6.20. The van der Waals surface area contributed by atoms with Gasteiger partial charge in [-0.05, 0) is 28.7 Å². The number of azide groups is 1. The second-order valence-corrected chi connectivity index (χ2v) is 5.16. The van der Waals surface area contributed by atoms with E-state index in [0.717, 1.165) is 4.57 Å². The van der Waals surface area contributed by atoms with Crippen LogP contribution in [0.15, 0.2) is 29.4 Å². The highest BCUT2D eigenvalue weighted by Crippen LogP contribution is 2.21. The van der Waals surface area contributed by atoms with Gasteiger partial charge in [-0.3, -0.25) is 4.79 Å². The van der Waals surface area contributed by atoms with Crippen molar-refractivity contribution in [2.45, 2.75) is 13.8 Å². The molecular weight excluding hydrogens is 300 g/mol. The molecule has 0 saturated heterocycles. The first-order chi connectivity index (χ1) is 11.0. The maximum Gasteiger partial charge on any atom is 0.328 e. The first-order valence-corrected chi connectivity index (χ1v) is 6.99. The molecule has 9 nitrogen and oxygen atoms in total. The third kappa shape index (κ3) is 3.98. The second-order valence-electron chi connectivity index (χ2n) is 5.16. The predicted molar refractivity (Wildman–Crippen MR) is 83.1 cm³/mol. The standard InChI is InChI=1S/C14H16N6O3/c1-9(2)8-23-12(21)7-16-14(22)20-11-6-4-3-5-10(11)17-13(20)18-19-15/h3-6,9H,7-8H2,1-2H3,(H,16,22). The Balaban J connectivity index is 2.15. The molecule has 0 atom stereocenters. The Labute approximate surface area is 131 Å². The molecule has 1 N–H and O–H groups in total. The Morgan fingerprint density at radius 2 is 2.17 bits per heavy atom. The predicted octanol–water partition coefficient (Wildman–Crippen LogP) is 2.74. The molecule has 1 aromatic heterocycles. The van der Waals surface area contributed by atoms with Crippen LogP contribution in [0.4, 0.5) is 10.7 Å². The van der Waals surface area contributed by atoms with Gasteiger partial charge in [0.2, 0.25) is 5.95 Å². The number of nitrogens with zero attached hydrogens (tertiary/aromatic N) is 5. The highest BCUT2D eigenvalue weighted by molar-refractivity contribution is 5.93. The summed E-state index contributed by atoms with van der Waals surface area (Å²) in [4.78, 5) is 30.6. The zero-order valence-corrected chi connectivity index (χ0v) is 12.8. The molecule has 0 saturated carbocycles. The quantitative estimate of drug-likeness (QED) is 0.394. The van der Waals surface area contributed by atoms with Crippen LogP contribution in [0.5, 0.6) is 0 Å². The van der Waals surface area contributed by atoms with Crippen LogP contribution >= 0.6 is 0 Å². The number of para-hydroxylation sites is 2. The van der Waals surface area contributed by atoms with Crippen molar-refractivity contribution in [2.75, 3.05) is 13.2 Å². The van der Waals surface area contributed by atoms with Crippen LogP contribution in [0, 0.1) is 5.92 Å². The molecule has 0 fully saturated rings. The van der Waals surface area contributed by atoms with Gasteiger partial charge in [0.25, 0.3) is 0 Å². The number of amides is 1. The van der Waals surface area contributed by atoms with Crippen LogP contribution in [0.25, 0.3) is 21.5 Å². The Morgan fingerprint density at radius 3 is 2.87 bits per heavy atom. The number of carbonyl (C=O) groups is 2. The molecule has 2 aromatic rings. The Hall–Kier alpha value is -3.06. The minimum absolute atomic E-state index is 0.0956. The van der Waals surface area contributed by atoms with E-state index in [4.69, 9.17) is 10.3 Å². The number of hydrogen-bond acceptors (Lipinski definition) is 5. The third-order valence-corrected chi connectivity index (χ3v) is 2.84. The smallest absolute Gasteiger partial charge is 0.328 e. The molecule has 0 aliphatic carbocycles. The molecule has 1 aromatic carbocycles. The monoisotopic (exact) mass is 316 g/mol. The number of fused-ring (bicyclic) bond motifs is 1. The number of imidazole rings is 1. The van der Waals surface area contributed by atoms with Gasteiger partial charge in [-0.15, -0.1) is 0 Å². The first kappa shape index (κ1) is 16.3. The molecule has 23 heavy (non-hydrogen) atoms. The molecule has 0 radical (unpaired) electrons. The van der Waals surface area contributed by atoms with Crippen molar-refractivity contribution < 1.29 is 14.3 Å². The molecule has 0 aliphatic rings. The van der Waals surface area contributed by atoms with Gasteiger partial charge in [-0.2, -0.15) is 0 Å². The van der Waals surface area contributed by atoms with E-state index in [0.29, 0.717) is 11.0 Å². The highest BCUT2D eigenvalue weighted by Gasteiger charge is 2.16. The maximum atomic E-state index is 12.3. The van der Waals surface area contributed by atoms with Crippen molar-refractivity contribution in [1.82, 2.24) is 14.9 Å². The number of ether oxygens (including phenoxy) is 1. The molecule has 0 unspecified atom stereocenters. The number of nitrogens with one attached hydrogen (secondary N) is 1. The van der Waals surface area contributed by atoms with E-state index in [-0.39, 0.29) is 25.0 Å². The van der Waals surface area contributed by atoms with E-state index < -0.39 is 12.0 Å². The summed E-state index contributed by atoms with van der Waals surface area (Å²) >= 11 is 0. The van der Waals surface area contributed by atoms with Crippen LogP contribution < -0.4 is 5.32 Å². The summed E-state index contributed by atoms with van der Waals surface area (Å²) < 4.78 is 6.09. The van der Waals surface area contributed by atoms with E-state index in [1.807, 2.05) is 13.8 Å². The van der Waals surface area contributed by atoms with Crippen LogP contribution in [-0.2, 0) is 9.53 Å². The summed E-state index contributed by atoms with van der Waals surface area (Å²) in [6.07, 6.45) is 0. The Kier molecular flexibility index (Phi) is 5.16. The summed E-state index contributed by atoms with van der Waals surface area (Å²) in [5.74, 6) is -0.424. The van der Waals surface area contributed by atoms with E-state index in [1.54, 1.807) is 24.3 Å². The van der Waals surface area contributed by atoms with E-state index in [1.165, 1.54) is 0 Å². The normalized spacial score (nSPS) is 10.4. The van der Waals surface area contributed by atoms with E-state index >= 15 is 0 Å². The molecular formula is C14H16N6O3. The molecule has 0 spiro atoms. The average molecular weight is 316 g/mol. The molecule has 1 heterocycles. The molecule has 0 aliphatic heterocycles. The zero-order chi connectivity index (χ0) is 16.8. The molecule has 9 heteroatoms. The summed E-state index contributed by atoms with van der Waals surface area (Å²) in [7, 11) is 0. The minimum atomic E-state index is -0.623. The fourth-order valence-corrected chi connectivity index (χ4v) is 1.86. The summed E-state index contributed by atoms with van der Waals surface area (Å²) in [5.41, 5.74) is 9.57. The molecule has 2 rings (SSSR count). The van der Waals surface area contributed by atoms with Crippen LogP contribution in [0.3, 0.4) is 0 Å². The minimum Gasteiger partial charge on any atom is -0.464 e. The summed E-state index contributed by atoms with van der Waals surface area (Å²) in [5, 5.41) is 5.83. The van der Waals surface area contributed by atoms with Crippen LogP contribution in [0.1, 0.15) is 13.8 Å².